The number of esters is 1. The highest BCUT2D eigenvalue weighted by molar-refractivity contribution is 5.75. The second kappa shape index (κ2) is 5.46. The summed E-state index contributed by atoms with van der Waals surface area (Å²) in [6.45, 7) is 1.71. The van der Waals surface area contributed by atoms with Gasteiger partial charge in [0.2, 0.25) is 6.17 Å². The van der Waals surface area contributed by atoms with E-state index in [1.54, 1.807) is 6.92 Å². The number of benzene rings is 1. The first-order valence-corrected chi connectivity index (χ1v) is 4.91. The Hall–Kier alpha value is -1.62. The Labute approximate surface area is 92.8 Å². The Bertz CT molecular complexity index is 353. The van der Waals surface area contributed by atoms with Gasteiger partial charge in [-0.2, -0.15) is 0 Å². The number of nitrogens with two attached hydrogens (primary N) is 1. The van der Waals surface area contributed by atoms with Gasteiger partial charge in [-0.3, -0.25) is 0 Å². The summed E-state index contributed by atoms with van der Waals surface area (Å²) < 4.78 is 18.0. The van der Waals surface area contributed by atoms with Gasteiger partial charge in [0, 0.05) is 0 Å². The van der Waals surface area contributed by atoms with E-state index in [0.29, 0.717) is 5.56 Å². The minimum atomic E-state index is -1.90. The Kier molecular flexibility index (Phi) is 4.25. The van der Waals surface area contributed by atoms with Crippen molar-refractivity contribution < 1.29 is 19.0 Å². The van der Waals surface area contributed by atoms with Crippen LogP contribution in [0, 0.1) is 0 Å². The Balaban J connectivity index is 2.73. The number of rotatable bonds is 4. The fourth-order valence-corrected chi connectivity index (χ4v) is 1.23. The zero-order chi connectivity index (χ0) is 12.1. The zero-order valence-electron chi connectivity index (χ0n) is 8.89. The number of phenols is 1. The van der Waals surface area contributed by atoms with Crippen LogP contribution in [-0.2, 0) is 9.53 Å². The molecular formula is C11H14FNO3. The molecule has 2 atom stereocenters. The highest BCUT2D eigenvalue weighted by Gasteiger charge is 2.27. The van der Waals surface area contributed by atoms with Gasteiger partial charge < -0.3 is 15.6 Å². The topological polar surface area (TPSA) is 72.5 Å². The molecule has 1 aromatic rings. The van der Waals surface area contributed by atoms with Gasteiger partial charge in [0.25, 0.3) is 0 Å². The summed E-state index contributed by atoms with van der Waals surface area (Å²) in [7, 11) is 0. The molecular weight excluding hydrogens is 213 g/mol. The number of carbonyl (C=O) groups excluding carboxylic acids is 1. The molecule has 0 spiro atoms. The largest absolute Gasteiger partial charge is 0.508 e. The number of ether oxygens (including phenoxy) is 1. The minimum Gasteiger partial charge on any atom is -0.508 e. The van der Waals surface area contributed by atoms with Gasteiger partial charge in [0.05, 0.1) is 12.6 Å². The predicted octanol–water partition coefficient (Wildman–Crippen LogP) is 1.29. The average Bonchev–Trinajstić information content (AvgIpc) is 2.28. The fourth-order valence-electron chi connectivity index (χ4n) is 1.23. The van der Waals surface area contributed by atoms with Crippen molar-refractivity contribution in [2.75, 3.05) is 6.61 Å². The molecule has 0 saturated carbocycles. The maximum atomic E-state index is 13.5. The van der Waals surface area contributed by atoms with Gasteiger partial charge in [-0.15, -0.1) is 0 Å². The van der Waals surface area contributed by atoms with Crippen molar-refractivity contribution in [3.8, 4) is 5.75 Å². The molecule has 4 nitrogen and oxygen atoms in total. The third-order valence-electron chi connectivity index (χ3n) is 2.11. The molecule has 0 amide bonds. The van der Waals surface area contributed by atoms with E-state index in [1.807, 2.05) is 0 Å². The summed E-state index contributed by atoms with van der Waals surface area (Å²) in [5, 5.41) is 9.04. The van der Waals surface area contributed by atoms with E-state index in [1.165, 1.54) is 24.3 Å². The molecule has 0 aliphatic heterocycles. The van der Waals surface area contributed by atoms with E-state index < -0.39 is 18.2 Å². The number of phenolic OH excluding ortho intramolecular Hbond substituents is 1. The van der Waals surface area contributed by atoms with E-state index >= 15 is 0 Å². The van der Waals surface area contributed by atoms with Crippen LogP contribution in [0.25, 0.3) is 0 Å². The first-order chi connectivity index (χ1) is 7.56. The zero-order valence-corrected chi connectivity index (χ0v) is 8.89. The summed E-state index contributed by atoms with van der Waals surface area (Å²) in [5.74, 6) is -0.912. The molecule has 0 aromatic heterocycles. The van der Waals surface area contributed by atoms with Crippen LogP contribution in [-0.4, -0.2) is 23.9 Å². The lowest BCUT2D eigenvalue weighted by atomic mass is 10.0. The molecule has 5 heteroatoms. The van der Waals surface area contributed by atoms with Crippen molar-refractivity contribution in [1.29, 1.82) is 0 Å². The van der Waals surface area contributed by atoms with Gasteiger partial charge >= 0.3 is 5.97 Å². The van der Waals surface area contributed by atoms with Crippen LogP contribution >= 0.6 is 0 Å². The first-order valence-electron chi connectivity index (χ1n) is 4.91. The van der Waals surface area contributed by atoms with Crippen LogP contribution in [0.5, 0.6) is 5.75 Å². The highest BCUT2D eigenvalue weighted by atomic mass is 19.1. The lowest BCUT2D eigenvalue weighted by Gasteiger charge is -2.15. The fraction of sp³-hybridized carbons (Fsp3) is 0.364. The van der Waals surface area contributed by atoms with Crippen LogP contribution in [0.2, 0.25) is 0 Å². The van der Waals surface area contributed by atoms with Crippen LogP contribution in [0.3, 0.4) is 0 Å². The van der Waals surface area contributed by atoms with E-state index in [4.69, 9.17) is 10.8 Å². The molecule has 0 aliphatic rings. The SMILES string of the molecule is CCOC(=O)C(F)[C@H](N)c1ccc(O)cc1. The molecule has 1 rings (SSSR count). The molecule has 16 heavy (non-hydrogen) atoms. The second-order valence-corrected chi connectivity index (χ2v) is 3.27. The van der Waals surface area contributed by atoms with E-state index in [9.17, 15) is 9.18 Å². The smallest absolute Gasteiger partial charge is 0.342 e. The summed E-state index contributed by atoms with van der Waals surface area (Å²) in [6, 6.07) is 4.61. The van der Waals surface area contributed by atoms with Crippen molar-refractivity contribution in [2.45, 2.75) is 19.1 Å². The predicted molar refractivity (Wildman–Crippen MR) is 56.6 cm³/mol. The lowest BCUT2D eigenvalue weighted by Crippen LogP contribution is -2.31. The first kappa shape index (κ1) is 12.4. The third-order valence-corrected chi connectivity index (χ3v) is 2.11. The number of halogens is 1. The van der Waals surface area contributed by atoms with Crippen LogP contribution in [0.15, 0.2) is 24.3 Å². The lowest BCUT2D eigenvalue weighted by molar-refractivity contribution is -0.149. The molecule has 1 aromatic carbocycles. The Morgan fingerprint density at radius 3 is 2.56 bits per heavy atom. The van der Waals surface area contributed by atoms with Crippen molar-refractivity contribution in [2.24, 2.45) is 5.73 Å². The second-order valence-electron chi connectivity index (χ2n) is 3.27. The standard InChI is InChI=1S/C11H14FNO3/c1-2-16-11(15)9(12)10(13)7-3-5-8(14)6-4-7/h3-6,9-10,14H,2,13H2,1H3/t9?,10-/m1/s1. The molecule has 3 N–H and O–H groups in total. The van der Waals surface area contributed by atoms with Gasteiger partial charge in [-0.1, -0.05) is 12.1 Å². The number of carbonyl (C=O) groups is 1. The summed E-state index contributed by atoms with van der Waals surface area (Å²) in [4.78, 5) is 11.1. The van der Waals surface area contributed by atoms with Crippen molar-refractivity contribution in [3.63, 3.8) is 0 Å². The maximum absolute atomic E-state index is 13.5. The summed E-state index contributed by atoms with van der Waals surface area (Å²) in [5.41, 5.74) is 5.99. The quantitative estimate of drug-likeness (QED) is 0.760. The third kappa shape index (κ3) is 2.93. The molecule has 0 bridgehead atoms. The van der Waals surface area contributed by atoms with Crippen LogP contribution in [0.4, 0.5) is 4.39 Å². The van der Waals surface area contributed by atoms with Gasteiger partial charge in [0.15, 0.2) is 0 Å². The molecule has 0 fully saturated rings. The summed E-state index contributed by atoms with van der Waals surface area (Å²) >= 11 is 0. The number of aromatic hydroxyl groups is 1. The van der Waals surface area contributed by atoms with Gasteiger partial charge in [-0.05, 0) is 24.6 Å². The van der Waals surface area contributed by atoms with Crippen molar-refractivity contribution in [1.82, 2.24) is 0 Å². The van der Waals surface area contributed by atoms with Gasteiger partial charge in [-0.25, -0.2) is 9.18 Å². The van der Waals surface area contributed by atoms with E-state index in [2.05, 4.69) is 4.74 Å². The van der Waals surface area contributed by atoms with E-state index in [-0.39, 0.29) is 12.4 Å². The molecule has 0 radical (unpaired) electrons. The van der Waals surface area contributed by atoms with E-state index in [0.717, 1.165) is 0 Å². The van der Waals surface area contributed by atoms with Crippen LogP contribution < -0.4 is 5.73 Å². The normalized spacial score (nSPS) is 14.2. The molecule has 0 saturated heterocycles. The van der Waals surface area contributed by atoms with Crippen molar-refractivity contribution in [3.05, 3.63) is 29.8 Å². The molecule has 0 aliphatic carbocycles. The van der Waals surface area contributed by atoms with Crippen LogP contribution in [0.1, 0.15) is 18.5 Å². The number of alkyl halides is 1. The van der Waals surface area contributed by atoms with Crippen molar-refractivity contribution >= 4 is 5.97 Å². The summed E-state index contributed by atoms with van der Waals surface area (Å²) in [6.07, 6.45) is -1.90. The number of hydrogen-bond donors (Lipinski definition) is 2. The highest BCUT2D eigenvalue weighted by Crippen LogP contribution is 2.20. The van der Waals surface area contributed by atoms with Gasteiger partial charge in [0.1, 0.15) is 5.75 Å². The Morgan fingerprint density at radius 1 is 1.50 bits per heavy atom. The number of hydrogen-bond acceptors (Lipinski definition) is 4. The molecule has 1 unspecified atom stereocenters. The average molecular weight is 227 g/mol. The Morgan fingerprint density at radius 2 is 2.06 bits per heavy atom. The minimum absolute atomic E-state index is 0.0579. The monoisotopic (exact) mass is 227 g/mol. The maximum Gasteiger partial charge on any atom is 0.342 e. The molecule has 88 valence electrons. The molecule has 0 heterocycles.